The van der Waals surface area contributed by atoms with Gasteiger partial charge in [-0.25, -0.2) is 0 Å². The van der Waals surface area contributed by atoms with Crippen molar-refractivity contribution in [3.8, 4) is 5.75 Å². The molecular weight excluding hydrogens is 250 g/mol. The van der Waals surface area contributed by atoms with E-state index in [9.17, 15) is 4.79 Å². The van der Waals surface area contributed by atoms with Crippen molar-refractivity contribution in [2.24, 2.45) is 0 Å². The molecule has 0 saturated carbocycles. The van der Waals surface area contributed by atoms with E-state index >= 15 is 0 Å². The Hall–Kier alpha value is -2.55. The molecule has 1 N–H and O–H groups in total. The lowest BCUT2D eigenvalue weighted by atomic mass is 9.98. The highest BCUT2D eigenvalue weighted by Gasteiger charge is 2.14. The van der Waals surface area contributed by atoms with Crippen molar-refractivity contribution in [1.29, 1.82) is 0 Å². The van der Waals surface area contributed by atoms with Crippen molar-refractivity contribution < 1.29 is 9.53 Å². The van der Waals surface area contributed by atoms with E-state index in [-0.39, 0.29) is 5.78 Å². The van der Waals surface area contributed by atoms with Crippen LogP contribution in [0.1, 0.15) is 21.5 Å². The van der Waals surface area contributed by atoms with Gasteiger partial charge in [0.25, 0.3) is 0 Å². The summed E-state index contributed by atoms with van der Waals surface area (Å²) < 4.78 is 5.12. The number of carbonyl (C=O) groups is 1. The van der Waals surface area contributed by atoms with Crippen LogP contribution in [0.5, 0.6) is 5.75 Å². The van der Waals surface area contributed by atoms with E-state index in [0.717, 1.165) is 27.8 Å². The van der Waals surface area contributed by atoms with Crippen LogP contribution in [-0.2, 0) is 0 Å². The van der Waals surface area contributed by atoms with Gasteiger partial charge in [-0.05, 0) is 42.8 Å². The van der Waals surface area contributed by atoms with E-state index in [2.05, 4.69) is 4.98 Å². The van der Waals surface area contributed by atoms with Crippen molar-refractivity contribution in [1.82, 2.24) is 4.98 Å². The lowest BCUT2D eigenvalue weighted by Gasteiger charge is -2.05. The minimum Gasteiger partial charge on any atom is -0.497 e. The van der Waals surface area contributed by atoms with Gasteiger partial charge >= 0.3 is 0 Å². The SMILES string of the molecule is COc1ccc(C(=O)c2cccc3[nH]cc(C)c23)cc1. The van der Waals surface area contributed by atoms with Crippen LogP contribution >= 0.6 is 0 Å². The fraction of sp³-hybridized carbons (Fsp3) is 0.118. The molecule has 0 spiro atoms. The molecule has 0 fully saturated rings. The quantitative estimate of drug-likeness (QED) is 0.733. The Labute approximate surface area is 117 Å². The molecule has 100 valence electrons. The first-order valence-electron chi connectivity index (χ1n) is 6.46. The van der Waals surface area contributed by atoms with Crippen molar-refractivity contribution in [2.45, 2.75) is 6.92 Å². The Balaban J connectivity index is 2.09. The molecule has 0 aliphatic rings. The molecule has 0 bridgehead atoms. The number of hydrogen-bond donors (Lipinski definition) is 1. The number of aryl methyl sites for hydroxylation is 1. The van der Waals surface area contributed by atoms with Gasteiger partial charge in [0, 0.05) is 28.2 Å². The molecule has 0 saturated heterocycles. The monoisotopic (exact) mass is 265 g/mol. The molecule has 3 heteroatoms. The topological polar surface area (TPSA) is 42.1 Å². The number of aromatic amines is 1. The summed E-state index contributed by atoms with van der Waals surface area (Å²) in [6, 6.07) is 12.9. The van der Waals surface area contributed by atoms with E-state index in [1.807, 2.05) is 31.3 Å². The highest BCUT2D eigenvalue weighted by molar-refractivity contribution is 6.16. The molecule has 1 aromatic heterocycles. The number of methoxy groups -OCH3 is 1. The molecule has 3 nitrogen and oxygen atoms in total. The average molecular weight is 265 g/mol. The summed E-state index contributed by atoms with van der Waals surface area (Å²) in [5.41, 5.74) is 3.46. The summed E-state index contributed by atoms with van der Waals surface area (Å²) in [6.45, 7) is 2.00. The normalized spacial score (nSPS) is 10.7. The van der Waals surface area contributed by atoms with Crippen LogP contribution < -0.4 is 4.74 Å². The molecule has 3 aromatic rings. The standard InChI is InChI=1S/C17H15NO2/c1-11-10-18-15-5-3-4-14(16(11)15)17(19)12-6-8-13(20-2)9-7-12/h3-10,18H,1-2H3. The number of nitrogens with one attached hydrogen (secondary N) is 1. The highest BCUT2D eigenvalue weighted by atomic mass is 16.5. The number of aromatic nitrogens is 1. The molecule has 0 radical (unpaired) electrons. The predicted octanol–water partition coefficient (Wildman–Crippen LogP) is 3.72. The van der Waals surface area contributed by atoms with E-state index in [0.29, 0.717) is 5.56 Å². The predicted molar refractivity (Wildman–Crippen MR) is 79.5 cm³/mol. The Kier molecular flexibility index (Phi) is 3.03. The minimum atomic E-state index is 0.0287. The first-order chi connectivity index (χ1) is 9.70. The van der Waals surface area contributed by atoms with E-state index in [4.69, 9.17) is 4.74 Å². The smallest absolute Gasteiger partial charge is 0.193 e. The van der Waals surface area contributed by atoms with Gasteiger partial charge in [0.1, 0.15) is 5.75 Å². The van der Waals surface area contributed by atoms with Crippen LogP contribution in [0.3, 0.4) is 0 Å². The first-order valence-corrected chi connectivity index (χ1v) is 6.46. The van der Waals surface area contributed by atoms with Gasteiger partial charge < -0.3 is 9.72 Å². The number of ketones is 1. The van der Waals surface area contributed by atoms with Crippen LogP contribution in [0.4, 0.5) is 0 Å². The Morgan fingerprint density at radius 1 is 1.10 bits per heavy atom. The van der Waals surface area contributed by atoms with E-state index < -0.39 is 0 Å². The van der Waals surface area contributed by atoms with Gasteiger partial charge in [-0.3, -0.25) is 4.79 Å². The zero-order chi connectivity index (χ0) is 14.1. The fourth-order valence-corrected chi connectivity index (χ4v) is 2.44. The Morgan fingerprint density at radius 2 is 1.85 bits per heavy atom. The molecule has 0 aliphatic carbocycles. The molecule has 3 rings (SSSR count). The second-order valence-electron chi connectivity index (χ2n) is 4.76. The van der Waals surface area contributed by atoms with Crippen LogP contribution in [0.2, 0.25) is 0 Å². The zero-order valence-electron chi connectivity index (χ0n) is 11.4. The third-order valence-electron chi connectivity index (χ3n) is 3.50. The Morgan fingerprint density at radius 3 is 2.55 bits per heavy atom. The van der Waals surface area contributed by atoms with Gasteiger partial charge in [-0.15, -0.1) is 0 Å². The summed E-state index contributed by atoms with van der Waals surface area (Å²) in [7, 11) is 1.61. The number of hydrogen-bond acceptors (Lipinski definition) is 2. The second kappa shape index (κ2) is 4.85. The average Bonchev–Trinajstić information content (AvgIpc) is 2.88. The van der Waals surface area contributed by atoms with Crippen LogP contribution in [0.15, 0.2) is 48.7 Å². The van der Waals surface area contributed by atoms with Gasteiger partial charge in [-0.2, -0.15) is 0 Å². The minimum absolute atomic E-state index is 0.0287. The lowest BCUT2D eigenvalue weighted by Crippen LogP contribution is -2.02. The molecule has 0 aliphatic heterocycles. The third-order valence-corrected chi connectivity index (χ3v) is 3.50. The maximum absolute atomic E-state index is 12.7. The van der Waals surface area contributed by atoms with Gasteiger partial charge in [0.15, 0.2) is 5.78 Å². The summed E-state index contributed by atoms with van der Waals surface area (Å²) in [4.78, 5) is 15.8. The number of fused-ring (bicyclic) bond motifs is 1. The summed E-state index contributed by atoms with van der Waals surface area (Å²) in [5.74, 6) is 0.776. The molecule has 20 heavy (non-hydrogen) atoms. The van der Waals surface area contributed by atoms with Crippen LogP contribution in [0, 0.1) is 6.92 Å². The number of benzene rings is 2. The molecule has 0 atom stereocenters. The zero-order valence-corrected chi connectivity index (χ0v) is 11.4. The number of carbonyl (C=O) groups excluding carboxylic acids is 1. The van der Waals surface area contributed by atoms with Crippen LogP contribution in [0.25, 0.3) is 10.9 Å². The molecular formula is C17H15NO2. The van der Waals surface area contributed by atoms with Crippen molar-refractivity contribution in [3.05, 3.63) is 65.4 Å². The number of ether oxygens (including phenoxy) is 1. The largest absolute Gasteiger partial charge is 0.497 e. The third kappa shape index (κ3) is 1.97. The molecule has 0 unspecified atom stereocenters. The van der Waals surface area contributed by atoms with E-state index in [1.54, 1.807) is 31.4 Å². The van der Waals surface area contributed by atoms with Gasteiger partial charge in [0.05, 0.1) is 7.11 Å². The fourth-order valence-electron chi connectivity index (χ4n) is 2.44. The first kappa shape index (κ1) is 12.5. The summed E-state index contributed by atoms with van der Waals surface area (Å²) in [6.07, 6.45) is 1.93. The highest BCUT2D eigenvalue weighted by Crippen LogP contribution is 2.24. The lowest BCUT2D eigenvalue weighted by molar-refractivity contribution is 0.104. The van der Waals surface area contributed by atoms with Crippen molar-refractivity contribution in [2.75, 3.05) is 7.11 Å². The van der Waals surface area contributed by atoms with Crippen molar-refractivity contribution >= 4 is 16.7 Å². The summed E-state index contributed by atoms with van der Waals surface area (Å²) in [5, 5.41) is 0.994. The summed E-state index contributed by atoms with van der Waals surface area (Å²) >= 11 is 0. The maximum Gasteiger partial charge on any atom is 0.193 e. The maximum atomic E-state index is 12.7. The Bertz CT molecular complexity index is 769. The van der Waals surface area contributed by atoms with Crippen LogP contribution in [-0.4, -0.2) is 17.9 Å². The second-order valence-corrected chi connectivity index (χ2v) is 4.76. The van der Waals surface area contributed by atoms with Crippen molar-refractivity contribution in [3.63, 3.8) is 0 Å². The number of H-pyrrole nitrogens is 1. The van der Waals surface area contributed by atoms with E-state index in [1.165, 1.54) is 0 Å². The molecule has 0 amide bonds. The molecule has 2 aromatic carbocycles. The van der Waals surface area contributed by atoms with Gasteiger partial charge in [-0.1, -0.05) is 12.1 Å². The van der Waals surface area contributed by atoms with Gasteiger partial charge in [0.2, 0.25) is 0 Å². The number of rotatable bonds is 3. The molecule has 1 heterocycles.